The van der Waals surface area contributed by atoms with Crippen LogP contribution in [-0.4, -0.2) is 0 Å². The Morgan fingerprint density at radius 3 is 1.81 bits per heavy atom. The highest BCUT2D eigenvalue weighted by molar-refractivity contribution is 4.69. The van der Waals surface area contributed by atoms with Crippen LogP contribution in [0.4, 0.5) is 0 Å². The van der Waals surface area contributed by atoms with Crippen molar-refractivity contribution in [3.8, 4) is 0 Å². The Morgan fingerprint density at radius 2 is 1.44 bits per heavy atom. The first-order chi connectivity index (χ1) is 7.54. The highest BCUT2D eigenvalue weighted by atomic mass is 14.2. The molecule has 0 spiro atoms. The van der Waals surface area contributed by atoms with Crippen LogP contribution in [0.15, 0.2) is 0 Å². The maximum atomic E-state index is 4.12. The lowest BCUT2D eigenvalue weighted by Crippen LogP contribution is -2.12. The maximum absolute atomic E-state index is 4.12. The summed E-state index contributed by atoms with van der Waals surface area (Å²) in [5, 5.41) is 0. The standard InChI is InChI=1S/C16H33/c1-7-15(12-13(4)5)11-10-14(6)16(8-2)9-3/h13-16H,4,7-12H2,1-3,5-6H3. The van der Waals surface area contributed by atoms with E-state index in [4.69, 9.17) is 0 Å². The van der Waals surface area contributed by atoms with Crippen LogP contribution in [0, 0.1) is 30.6 Å². The molecule has 1 radical (unpaired) electrons. The van der Waals surface area contributed by atoms with E-state index in [9.17, 15) is 0 Å². The molecule has 0 saturated heterocycles. The van der Waals surface area contributed by atoms with Gasteiger partial charge in [0.25, 0.3) is 0 Å². The summed E-state index contributed by atoms with van der Waals surface area (Å²) in [5.74, 6) is 3.37. The van der Waals surface area contributed by atoms with Crippen LogP contribution in [-0.2, 0) is 0 Å². The smallest absolute Gasteiger partial charge is 0.0394 e. The van der Waals surface area contributed by atoms with Gasteiger partial charge < -0.3 is 0 Å². The molecule has 0 aliphatic rings. The molecule has 3 atom stereocenters. The van der Waals surface area contributed by atoms with Gasteiger partial charge in [-0.25, -0.2) is 0 Å². The molecule has 0 heteroatoms. The van der Waals surface area contributed by atoms with Gasteiger partial charge in [0.05, 0.1) is 0 Å². The molecule has 16 heavy (non-hydrogen) atoms. The Bertz CT molecular complexity index is 142. The van der Waals surface area contributed by atoms with Gasteiger partial charge in [-0.05, 0) is 30.1 Å². The molecule has 0 heterocycles. The molecule has 0 rings (SSSR count). The first kappa shape index (κ1) is 16.0. The molecular weight excluding hydrogens is 192 g/mol. The van der Waals surface area contributed by atoms with Crippen LogP contribution in [0.25, 0.3) is 0 Å². The van der Waals surface area contributed by atoms with E-state index in [1.54, 1.807) is 0 Å². The first-order valence-corrected chi connectivity index (χ1v) is 7.38. The van der Waals surface area contributed by atoms with Crippen molar-refractivity contribution in [3.05, 3.63) is 6.92 Å². The Balaban J connectivity index is 3.90. The fraction of sp³-hybridized carbons (Fsp3) is 0.938. The summed E-state index contributed by atoms with van der Waals surface area (Å²) < 4.78 is 0. The van der Waals surface area contributed by atoms with Gasteiger partial charge in [0.2, 0.25) is 0 Å². The van der Waals surface area contributed by atoms with Crippen LogP contribution in [0.3, 0.4) is 0 Å². The van der Waals surface area contributed by atoms with Crippen molar-refractivity contribution in [2.24, 2.45) is 23.7 Å². The van der Waals surface area contributed by atoms with Crippen molar-refractivity contribution in [1.82, 2.24) is 0 Å². The van der Waals surface area contributed by atoms with Gasteiger partial charge >= 0.3 is 0 Å². The average Bonchev–Trinajstić information content (AvgIpc) is 2.25. The molecule has 0 aromatic heterocycles. The molecule has 0 N–H and O–H groups in total. The second-order valence-electron chi connectivity index (χ2n) is 5.75. The fourth-order valence-electron chi connectivity index (χ4n) is 2.89. The predicted molar refractivity (Wildman–Crippen MR) is 75.4 cm³/mol. The Labute approximate surface area is 104 Å². The molecule has 0 fully saturated rings. The molecule has 0 aromatic rings. The van der Waals surface area contributed by atoms with Gasteiger partial charge in [0.15, 0.2) is 0 Å². The van der Waals surface area contributed by atoms with Crippen molar-refractivity contribution in [1.29, 1.82) is 0 Å². The van der Waals surface area contributed by atoms with E-state index in [1.165, 1.54) is 38.5 Å². The summed E-state index contributed by atoms with van der Waals surface area (Å²) in [6.45, 7) is 15.8. The summed E-state index contributed by atoms with van der Waals surface area (Å²) in [5.41, 5.74) is 0. The molecule has 0 aliphatic carbocycles. The summed E-state index contributed by atoms with van der Waals surface area (Å²) in [7, 11) is 0. The highest BCUT2D eigenvalue weighted by Crippen LogP contribution is 2.28. The van der Waals surface area contributed by atoms with Gasteiger partial charge in [0.1, 0.15) is 0 Å². The Kier molecular flexibility index (Phi) is 9.07. The lowest BCUT2D eigenvalue weighted by Gasteiger charge is -2.24. The van der Waals surface area contributed by atoms with Crippen molar-refractivity contribution in [2.75, 3.05) is 0 Å². The Morgan fingerprint density at radius 1 is 0.875 bits per heavy atom. The lowest BCUT2D eigenvalue weighted by molar-refractivity contribution is 0.278. The van der Waals surface area contributed by atoms with Crippen LogP contribution in [0.1, 0.15) is 73.1 Å². The number of hydrogen-bond donors (Lipinski definition) is 0. The molecule has 0 nitrogen and oxygen atoms in total. The van der Waals surface area contributed by atoms with Crippen LogP contribution >= 0.6 is 0 Å². The first-order valence-electron chi connectivity index (χ1n) is 7.38. The lowest BCUT2D eigenvalue weighted by atomic mass is 9.82. The quantitative estimate of drug-likeness (QED) is 0.470. The van der Waals surface area contributed by atoms with Crippen LogP contribution in [0.5, 0.6) is 0 Å². The van der Waals surface area contributed by atoms with Crippen molar-refractivity contribution < 1.29 is 0 Å². The SMILES string of the molecule is [CH2]C(C)CC(CC)CCC(C)C(CC)CC. The zero-order chi connectivity index (χ0) is 12.6. The molecule has 0 aromatic carbocycles. The van der Waals surface area contributed by atoms with Gasteiger partial charge in [-0.2, -0.15) is 0 Å². The minimum Gasteiger partial charge on any atom is -0.0651 e. The third kappa shape index (κ3) is 6.55. The second kappa shape index (κ2) is 9.07. The molecule has 97 valence electrons. The summed E-state index contributed by atoms with van der Waals surface area (Å²) >= 11 is 0. The van der Waals surface area contributed by atoms with E-state index in [1.807, 2.05) is 0 Å². The van der Waals surface area contributed by atoms with Crippen molar-refractivity contribution in [2.45, 2.75) is 73.1 Å². The van der Waals surface area contributed by atoms with Crippen molar-refractivity contribution in [3.63, 3.8) is 0 Å². The minimum atomic E-state index is 0.619. The van der Waals surface area contributed by atoms with Gasteiger partial charge in [-0.1, -0.05) is 73.6 Å². The fourth-order valence-corrected chi connectivity index (χ4v) is 2.89. The summed E-state index contributed by atoms with van der Waals surface area (Å²) in [6, 6.07) is 0. The van der Waals surface area contributed by atoms with Gasteiger partial charge in [-0.15, -0.1) is 0 Å². The van der Waals surface area contributed by atoms with Crippen LogP contribution in [0.2, 0.25) is 0 Å². The van der Waals surface area contributed by atoms with E-state index in [2.05, 4.69) is 41.5 Å². The summed E-state index contributed by atoms with van der Waals surface area (Å²) in [4.78, 5) is 0. The van der Waals surface area contributed by atoms with E-state index in [0.717, 1.165) is 17.8 Å². The zero-order valence-corrected chi connectivity index (χ0v) is 12.3. The third-order valence-electron chi connectivity index (χ3n) is 4.20. The van der Waals surface area contributed by atoms with E-state index in [-0.39, 0.29) is 0 Å². The van der Waals surface area contributed by atoms with Crippen molar-refractivity contribution >= 4 is 0 Å². The predicted octanol–water partition coefficient (Wildman–Crippen LogP) is 5.73. The van der Waals surface area contributed by atoms with E-state index in [0.29, 0.717) is 5.92 Å². The molecule has 0 aliphatic heterocycles. The van der Waals surface area contributed by atoms with E-state index < -0.39 is 0 Å². The topological polar surface area (TPSA) is 0 Å². The zero-order valence-electron chi connectivity index (χ0n) is 12.3. The van der Waals surface area contributed by atoms with E-state index >= 15 is 0 Å². The van der Waals surface area contributed by atoms with Gasteiger partial charge in [-0.3, -0.25) is 0 Å². The minimum absolute atomic E-state index is 0.619. The monoisotopic (exact) mass is 225 g/mol. The molecule has 0 saturated carbocycles. The highest BCUT2D eigenvalue weighted by Gasteiger charge is 2.16. The third-order valence-corrected chi connectivity index (χ3v) is 4.20. The molecule has 0 amide bonds. The number of hydrogen-bond acceptors (Lipinski definition) is 0. The molecular formula is C16H33. The normalized spacial score (nSPS) is 15.8. The van der Waals surface area contributed by atoms with Gasteiger partial charge in [0, 0.05) is 0 Å². The molecule has 3 unspecified atom stereocenters. The molecule has 0 bridgehead atoms. The largest absolute Gasteiger partial charge is 0.0651 e. The number of rotatable bonds is 9. The van der Waals surface area contributed by atoms with Crippen LogP contribution < -0.4 is 0 Å². The second-order valence-corrected chi connectivity index (χ2v) is 5.75. The Hall–Kier alpha value is 0. The summed E-state index contributed by atoms with van der Waals surface area (Å²) in [6.07, 6.45) is 8.16. The maximum Gasteiger partial charge on any atom is -0.0394 e. The average molecular weight is 225 g/mol.